The molecule has 0 aromatic carbocycles. The number of hydrogen-bond acceptors (Lipinski definition) is 2. The van der Waals surface area contributed by atoms with E-state index >= 15 is 0 Å². The van der Waals surface area contributed by atoms with Crippen molar-refractivity contribution in [3.63, 3.8) is 0 Å². The molecule has 1 atom stereocenters. The molecule has 0 fully saturated rings. The van der Waals surface area contributed by atoms with Crippen LogP contribution in [0.5, 0.6) is 0 Å². The molecule has 2 heteroatoms. The van der Waals surface area contributed by atoms with E-state index in [1.807, 2.05) is 6.92 Å². The van der Waals surface area contributed by atoms with Crippen molar-refractivity contribution in [3.05, 3.63) is 0 Å². The number of carbonyl (C=O) groups excluding carboxylic acids is 1. The minimum Gasteiger partial charge on any atom is -0.461 e. The van der Waals surface area contributed by atoms with Crippen LogP contribution >= 0.6 is 0 Å². The van der Waals surface area contributed by atoms with E-state index in [-0.39, 0.29) is 5.60 Å². The van der Waals surface area contributed by atoms with Crippen LogP contribution in [0.4, 0.5) is 0 Å². The lowest BCUT2D eigenvalue weighted by atomic mass is 9.83. The number of rotatable bonds is 6. The molecule has 0 saturated heterocycles. The van der Waals surface area contributed by atoms with Gasteiger partial charge in [0.2, 0.25) is 0 Å². The molecule has 0 amide bonds. The van der Waals surface area contributed by atoms with Gasteiger partial charge in [-0.3, -0.25) is 4.79 Å². The maximum atomic E-state index is 10.3. The minimum atomic E-state index is -0.259. The molecule has 0 aliphatic rings. The molecule has 0 saturated carbocycles. The van der Waals surface area contributed by atoms with E-state index in [2.05, 4.69) is 20.8 Å². The fourth-order valence-electron chi connectivity index (χ4n) is 1.73. The van der Waals surface area contributed by atoms with E-state index in [0.29, 0.717) is 12.4 Å². The van der Waals surface area contributed by atoms with Crippen LogP contribution < -0.4 is 0 Å². The van der Waals surface area contributed by atoms with E-state index < -0.39 is 0 Å². The van der Waals surface area contributed by atoms with Crippen LogP contribution in [0, 0.1) is 5.92 Å². The van der Waals surface area contributed by atoms with Gasteiger partial charge in [0.1, 0.15) is 5.60 Å². The summed E-state index contributed by atoms with van der Waals surface area (Å²) in [7, 11) is 0. The molecule has 0 bridgehead atoms. The topological polar surface area (TPSA) is 26.3 Å². The monoisotopic (exact) mass is 172 g/mol. The van der Waals surface area contributed by atoms with E-state index in [1.165, 1.54) is 0 Å². The van der Waals surface area contributed by atoms with Gasteiger partial charge in [-0.05, 0) is 32.1 Å². The fourth-order valence-corrected chi connectivity index (χ4v) is 1.73. The van der Waals surface area contributed by atoms with Gasteiger partial charge in [0.15, 0.2) is 0 Å². The Hall–Kier alpha value is -0.530. The molecule has 0 aromatic rings. The summed E-state index contributed by atoms with van der Waals surface area (Å²) in [4.78, 5) is 10.3. The average molecular weight is 172 g/mol. The highest BCUT2D eigenvalue weighted by Crippen LogP contribution is 2.29. The molecule has 2 nitrogen and oxygen atoms in total. The minimum absolute atomic E-state index is 0.259. The van der Waals surface area contributed by atoms with Gasteiger partial charge in [-0.25, -0.2) is 0 Å². The molecule has 0 spiro atoms. The third-order valence-electron chi connectivity index (χ3n) is 2.87. The van der Waals surface area contributed by atoms with Gasteiger partial charge < -0.3 is 4.74 Å². The molecule has 12 heavy (non-hydrogen) atoms. The molecule has 0 rings (SSSR count). The van der Waals surface area contributed by atoms with Crippen molar-refractivity contribution in [3.8, 4) is 0 Å². The first-order valence-electron chi connectivity index (χ1n) is 4.76. The number of carbonyl (C=O) groups is 1. The predicted molar refractivity (Wildman–Crippen MR) is 49.9 cm³/mol. The van der Waals surface area contributed by atoms with Crippen LogP contribution in [0.25, 0.3) is 0 Å². The van der Waals surface area contributed by atoms with Crippen LogP contribution in [0.3, 0.4) is 0 Å². The fraction of sp³-hybridized carbons (Fsp3) is 0.900. The third-order valence-corrected chi connectivity index (χ3v) is 2.87. The second-order valence-corrected chi connectivity index (χ2v) is 3.39. The Bertz CT molecular complexity index is 130. The van der Waals surface area contributed by atoms with Crippen LogP contribution in [-0.2, 0) is 9.53 Å². The molecule has 0 aliphatic heterocycles. The summed E-state index contributed by atoms with van der Waals surface area (Å²) in [6.45, 7) is 8.91. The highest BCUT2D eigenvalue weighted by molar-refractivity contribution is 5.38. The molecule has 0 heterocycles. The highest BCUT2D eigenvalue weighted by Gasteiger charge is 2.31. The standard InChI is InChI=1S/C10H20O2/c1-5-9(6-2)10(4,7-3)12-8-11/h8-9H,5-7H2,1-4H3. The van der Waals surface area contributed by atoms with E-state index in [4.69, 9.17) is 4.74 Å². The summed E-state index contributed by atoms with van der Waals surface area (Å²) >= 11 is 0. The zero-order valence-electron chi connectivity index (χ0n) is 8.59. The first-order chi connectivity index (χ1) is 5.64. The molecular weight excluding hydrogens is 152 g/mol. The van der Waals surface area contributed by atoms with Gasteiger partial charge in [0, 0.05) is 0 Å². The molecule has 1 unspecified atom stereocenters. The molecule has 72 valence electrons. The summed E-state index contributed by atoms with van der Waals surface area (Å²) in [5.74, 6) is 0.479. The van der Waals surface area contributed by atoms with Crippen molar-refractivity contribution in [2.75, 3.05) is 0 Å². The molecular formula is C10H20O2. The van der Waals surface area contributed by atoms with Crippen molar-refractivity contribution in [2.45, 2.75) is 52.6 Å². The number of hydrogen-bond donors (Lipinski definition) is 0. The Morgan fingerprint density at radius 2 is 1.83 bits per heavy atom. The van der Waals surface area contributed by atoms with E-state index in [0.717, 1.165) is 19.3 Å². The van der Waals surface area contributed by atoms with Gasteiger partial charge in [-0.2, -0.15) is 0 Å². The summed E-state index contributed by atoms with van der Waals surface area (Å²) < 4.78 is 5.14. The van der Waals surface area contributed by atoms with Crippen molar-refractivity contribution in [2.24, 2.45) is 5.92 Å². The van der Waals surface area contributed by atoms with Crippen molar-refractivity contribution >= 4 is 6.47 Å². The Morgan fingerprint density at radius 3 is 2.08 bits per heavy atom. The third kappa shape index (κ3) is 2.50. The van der Waals surface area contributed by atoms with E-state index in [1.54, 1.807) is 0 Å². The molecule has 0 aliphatic carbocycles. The maximum absolute atomic E-state index is 10.3. The van der Waals surface area contributed by atoms with Crippen molar-refractivity contribution in [1.82, 2.24) is 0 Å². The summed E-state index contributed by atoms with van der Waals surface area (Å²) in [5.41, 5.74) is -0.259. The first kappa shape index (κ1) is 11.5. The second kappa shape index (κ2) is 5.18. The normalized spacial score (nSPS) is 15.8. The zero-order chi connectivity index (χ0) is 9.61. The van der Waals surface area contributed by atoms with Crippen LogP contribution in [0.1, 0.15) is 47.0 Å². The average Bonchev–Trinajstić information content (AvgIpc) is 2.07. The lowest BCUT2D eigenvalue weighted by Gasteiger charge is -2.34. The van der Waals surface area contributed by atoms with Gasteiger partial charge in [0.25, 0.3) is 6.47 Å². The van der Waals surface area contributed by atoms with Crippen LogP contribution in [0.15, 0.2) is 0 Å². The summed E-state index contributed by atoms with van der Waals surface area (Å²) in [6.07, 6.45) is 3.02. The Labute approximate surface area is 75.3 Å². The molecule has 0 aromatic heterocycles. The maximum Gasteiger partial charge on any atom is 0.293 e. The van der Waals surface area contributed by atoms with Gasteiger partial charge in [0.05, 0.1) is 0 Å². The largest absolute Gasteiger partial charge is 0.461 e. The van der Waals surface area contributed by atoms with Gasteiger partial charge in [-0.1, -0.05) is 20.8 Å². The Morgan fingerprint density at radius 1 is 1.33 bits per heavy atom. The smallest absolute Gasteiger partial charge is 0.293 e. The summed E-state index contributed by atoms with van der Waals surface area (Å²) in [6, 6.07) is 0. The lowest BCUT2D eigenvalue weighted by molar-refractivity contribution is -0.148. The SMILES string of the molecule is CCC(CC)C(C)(CC)OC=O. The van der Waals surface area contributed by atoms with E-state index in [9.17, 15) is 4.79 Å². The second-order valence-electron chi connectivity index (χ2n) is 3.39. The first-order valence-corrected chi connectivity index (χ1v) is 4.76. The number of ether oxygens (including phenoxy) is 1. The van der Waals surface area contributed by atoms with Crippen LogP contribution in [-0.4, -0.2) is 12.1 Å². The summed E-state index contributed by atoms with van der Waals surface area (Å²) in [5, 5.41) is 0. The van der Waals surface area contributed by atoms with Gasteiger partial charge in [-0.15, -0.1) is 0 Å². The molecule has 0 radical (unpaired) electrons. The van der Waals surface area contributed by atoms with Crippen molar-refractivity contribution in [1.29, 1.82) is 0 Å². The predicted octanol–water partition coefficient (Wildman–Crippen LogP) is 2.76. The highest BCUT2D eigenvalue weighted by atomic mass is 16.5. The Kier molecular flexibility index (Phi) is 4.95. The lowest BCUT2D eigenvalue weighted by Crippen LogP contribution is -2.36. The zero-order valence-corrected chi connectivity index (χ0v) is 8.59. The quantitative estimate of drug-likeness (QED) is 0.576. The van der Waals surface area contributed by atoms with Gasteiger partial charge >= 0.3 is 0 Å². The molecule has 0 N–H and O–H groups in total. The van der Waals surface area contributed by atoms with Crippen molar-refractivity contribution < 1.29 is 9.53 Å². The Balaban J connectivity index is 4.34. The van der Waals surface area contributed by atoms with Crippen LogP contribution in [0.2, 0.25) is 0 Å².